The number of nitrogens with zero attached hydrogens (tertiary/aromatic N) is 1. The summed E-state index contributed by atoms with van der Waals surface area (Å²) in [5.41, 5.74) is 5.52. The van der Waals surface area contributed by atoms with Gasteiger partial charge in [-0.25, -0.2) is 4.39 Å². The van der Waals surface area contributed by atoms with Crippen LogP contribution in [0.25, 0.3) is 0 Å². The second-order valence-corrected chi connectivity index (χ2v) is 7.36. The zero-order valence-corrected chi connectivity index (χ0v) is 16.7. The molecule has 0 N–H and O–H groups in total. The first-order valence-electron chi connectivity index (χ1n) is 9.65. The number of allylic oxidation sites excluding steroid dienone is 5. The van der Waals surface area contributed by atoms with E-state index in [0.29, 0.717) is 5.92 Å². The summed E-state index contributed by atoms with van der Waals surface area (Å²) in [6, 6.07) is 5.41. The third-order valence-corrected chi connectivity index (χ3v) is 4.97. The van der Waals surface area contributed by atoms with Crippen LogP contribution in [0.4, 0.5) is 4.39 Å². The molecule has 2 heteroatoms. The van der Waals surface area contributed by atoms with Crippen molar-refractivity contribution in [1.82, 2.24) is 4.90 Å². The summed E-state index contributed by atoms with van der Waals surface area (Å²) in [7, 11) is 0. The van der Waals surface area contributed by atoms with E-state index in [4.69, 9.17) is 0 Å². The normalized spacial score (nSPS) is 16.2. The van der Waals surface area contributed by atoms with Gasteiger partial charge in [-0.15, -0.1) is 0 Å². The average Bonchev–Trinajstić information content (AvgIpc) is 2.60. The van der Waals surface area contributed by atoms with Crippen LogP contribution in [0, 0.1) is 12.7 Å². The molecule has 0 saturated carbocycles. The fourth-order valence-electron chi connectivity index (χ4n) is 3.67. The van der Waals surface area contributed by atoms with E-state index in [1.807, 2.05) is 13.0 Å². The summed E-state index contributed by atoms with van der Waals surface area (Å²) >= 11 is 0. The molecule has 0 bridgehead atoms. The molecule has 1 aromatic carbocycles. The Labute approximate surface area is 158 Å². The zero-order chi connectivity index (χ0) is 19.1. The SMILES string of the molecule is C=C(/C=C\C=C(C)C)/C(=C\CC)N1CCC(c2c(C)cccc2F)CC1. The van der Waals surface area contributed by atoms with E-state index in [9.17, 15) is 4.39 Å². The summed E-state index contributed by atoms with van der Waals surface area (Å²) in [4.78, 5) is 2.41. The van der Waals surface area contributed by atoms with Crippen molar-refractivity contribution >= 4 is 0 Å². The molecule has 1 heterocycles. The molecular weight excluding hydrogens is 321 g/mol. The highest BCUT2D eigenvalue weighted by Crippen LogP contribution is 2.34. The molecule has 0 spiro atoms. The van der Waals surface area contributed by atoms with Crippen molar-refractivity contribution in [3.8, 4) is 0 Å². The third kappa shape index (κ3) is 5.20. The van der Waals surface area contributed by atoms with Gasteiger partial charge in [0.05, 0.1) is 0 Å². The van der Waals surface area contributed by atoms with E-state index < -0.39 is 0 Å². The Hall–Kier alpha value is -2.09. The Morgan fingerprint density at radius 1 is 1.27 bits per heavy atom. The Bertz CT molecular complexity index is 691. The van der Waals surface area contributed by atoms with Gasteiger partial charge in [0, 0.05) is 18.8 Å². The number of rotatable bonds is 6. The van der Waals surface area contributed by atoms with Gasteiger partial charge in [0.15, 0.2) is 0 Å². The van der Waals surface area contributed by atoms with Crippen molar-refractivity contribution in [2.75, 3.05) is 13.1 Å². The third-order valence-electron chi connectivity index (χ3n) is 4.97. The van der Waals surface area contributed by atoms with Crippen LogP contribution in [-0.4, -0.2) is 18.0 Å². The van der Waals surface area contributed by atoms with Crippen LogP contribution in [-0.2, 0) is 0 Å². The zero-order valence-electron chi connectivity index (χ0n) is 16.7. The summed E-state index contributed by atoms with van der Waals surface area (Å²) in [6.07, 6.45) is 11.4. The fourth-order valence-corrected chi connectivity index (χ4v) is 3.67. The Kier molecular flexibility index (Phi) is 7.44. The molecule has 26 heavy (non-hydrogen) atoms. The quantitative estimate of drug-likeness (QED) is 0.515. The van der Waals surface area contributed by atoms with Crippen LogP contribution in [0.5, 0.6) is 0 Å². The number of hydrogen-bond acceptors (Lipinski definition) is 1. The fraction of sp³-hybridized carbons (Fsp3) is 0.417. The van der Waals surface area contributed by atoms with Gasteiger partial charge in [0.2, 0.25) is 0 Å². The van der Waals surface area contributed by atoms with Crippen molar-refractivity contribution < 1.29 is 4.39 Å². The molecule has 0 amide bonds. The maximum atomic E-state index is 14.3. The number of hydrogen-bond donors (Lipinski definition) is 0. The number of likely N-dealkylation sites (tertiary alicyclic amines) is 1. The smallest absolute Gasteiger partial charge is 0.126 e. The van der Waals surface area contributed by atoms with E-state index >= 15 is 0 Å². The molecule has 0 aromatic heterocycles. The van der Waals surface area contributed by atoms with Gasteiger partial charge >= 0.3 is 0 Å². The van der Waals surface area contributed by atoms with E-state index in [0.717, 1.165) is 49.1 Å². The lowest BCUT2D eigenvalue weighted by Crippen LogP contribution is -2.33. The lowest BCUT2D eigenvalue weighted by Gasteiger charge is -2.36. The summed E-state index contributed by atoms with van der Waals surface area (Å²) in [6.45, 7) is 14.5. The molecule has 0 unspecified atom stereocenters. The Morgan fingerprint density at radius 2 is 1.96 bits per heavy atom. The standard InChI is InChI=1S/C24H32FN/c1-6-9-23(19(4)11-7-10-18(2)3)26-16-14-21(15-17-26)24-20(5)12-8-13-22(24)25/h7-13,21H,4,6,14-17H2,1-3,5H3/b11-7-,23-9+. The molecule has 2 rings (SSSR count). The Morgan fingerprint density at radius 3 is 2.54 bits per heavy atom. The van der Waals surface area contributed by atoms with E-state index in [2.05, 4.69) is 56.6 Å². The highest BCUT2D eigenvalue weighted by molar-refractivity contribution is 5.38. The number of piperidine rings is 1. The molecule has 1 saturated heterocycles. The van der Waals surface area contributed by atoms with Gasteiger partial charge in [-0.3, -0.25) is 0 Å². The minimum absolute atomic E-state index is 0.0539. The molecule has 140 valence electrons. The van der Waals surface area contributed by atoms with E-state index in [-0.39, 0.29) is 5.82 Å². The van der Waals surface area contributed by atoms with Crippen LogP contribution in [0.2, 0.25) is 0 Å². The predicted molar refractivity (Wildman–Crippen MR) is 111 cm³/mol. The molecular formula is C24H32FN. The molecule has 0 aliphatic carbocycles. The number of halogens is 1. The highest BCUT2D eigenvalue weighted by atomic mass is 19.1. The van der Waals surface area contributed by atoms with Gasteiger partial charge in [-0.2, -0.15) is 0 Å². The van der Waals surface area contributed by atoms with Crippen LogP contribution in [0.3, 0.4) is 0 Å². The summed E-state index contributed by atoms with van der Waals surface area (Å²) < 4.78 is 14.3. The van der Waals surface area contributed by atoms with Crippen LogP contribution in [0.1, 0.15) is 57.1 Å². The lowest BCUT2D eigenvalue weighted by atomic mass is 9.86. The van der Waals surface area contributed by atoms with Crippen molar-refractivity contribution in [1.29, 1.82) is 0 Å². The first-order valence-corrected chi connectivity index (χ1v) is 9.65. The molecule has 1 nitrogen and oxygen atoms in total. The molecule has 0 radical (unpaired) electrons. The van der Waals surface area contributed by atoms with E-state index in [1.54, 1.807) is 12.1 Å². The minimum Gasteiger partial charge on any atom is -0.371 e. The van der Waals surface area contributed by atoms with Crippen molar-refractivity contribution in [3.05, 3.63) is 82.9 Å². The summed E-state index contributed by atoms with van der Waals surface area (Å²) in [5, 5.41) is 0. The monoisotopic (exact) mass is 353 g/mol. The van der Waals surface area contributed by atoms with Gasteiger partial charge in [-0.05, 0) is 68.7 Å². The maximum Gasteiger partial charge on any atom is 0.126 e. The van der Waals surface area contributed by atoms with Crippen LogP contribution < -0.4 is 0 Å². The molecule has 1 aliphatic rings. The summed E-state index contributed by atoms with van der Waals surface area (Å²) in [5.74, 6) is 0.256. The molecule has 1 aliphatic heterocycles. The van der Waals surface area contributed by atoms with Crippen molar-refractivity contribution in [3.63, 3.8) is 0 Å². The topological polar surface area (TPSA) is 3.24 Å². The first-order chi connectivity index (χ1) is 12.4. The van der Waals surface area contributed by atoms with Gasteiger partial charge in [-0.1, -0.05) is 55.5 Å². The number of benzene rings is 1. The van der Waals surface area contributed by atoms with Crippen LogP contribution >= 0.6 is 0 Å². The van der Waals surface area contributed by atoms with Gasteiger partial charge in [0.25, 0.3) is 0 Å². The molecule has 0 atom stereocenters. The second kappa shape index (κ2) is 9.56. The van der Waals surface area contributed by atoms with Crippen molar-refractivity contribution in [2.24, 2.45) is 0 Å². The van der Waals surface area contributed by atoms with Crippen molar-refractivity contribution in [2.45, 2.75) is 52.9 Å². The lowest BCUT2D eigenvalue weighted by molar-refractivity contribution is 0.264. The predicted octanol–water partition coefficient (Wildman–Crippen LogP) is 6.69. The largest absolute Gasteiger partial charge is 0.371 e. The van der Waals surface area contributed by atoms with Gasteiger partial charge in [0.1, 0.15) is 5.82 Å². The minimum atomic E-state index is -0.0539. The highest BCUT2D eigenvalue weighted by Gasteiger charge is 2.25. The van der Waals surface area contributed by atoms with Gasteiger partial charge < -0.3 is 4.90 Å². The average molecular weight is 354 g/mol. The maximum absolute atomic E-state index is 14.3. The van der Waals surface area contributed by atoms with Crippen LogP contribution in [0.15, 0.2) is 65.9 Å². The number of aryl methyl sites for hydroxylation is 1. The Balaban J connectivity index is 2.08. The second-order valence-electron chi connectivity index (χ2n) is 7.36. The molecule has 1 fully saturated rings. The van der Waals surface area contributed by atoms with E-state index in [1.165, 1.54) is 11.3 Å². The first kappa shape index (κ1) is 20.2. The molecule has 1 aromatic rings.